The van der Waals surface area contributed by atoms with E-state index in [0.717, 1.165) is 45.4 Å². The highest BCUT2D eigenvalue weighted by molar-refractivity contribution is 7.89. The molecule has 0 aliphatic carbocycles. The van der Waals surface area contributed by atoms with Gasteiger partial charge in [-0.15, -0.1) is 0 Å². The molecular weight excluding hydrogens is 314 g/mol. The van der Waals surface area contributed by atoms with Crippen molar-refractivity contribution in [1.82, 2.24) is 14.1 Å². The van der Waals surface area contributed by atoms with E-state index in [4.69, 9.17) is 4.74 Å². The van der Waals surface area contributed by atoms with Crippen LogP contribution in [0.15, 0.2) is 0 Å². The summed E-state index contributed by atoms with van der Waals surface area (Å²) in [5.74, 6) is 0.560. The molecule has 3 heterocycles. The summed E-state index contributed by atoms with van der Waals surface area (Å²) in [6, 6.07) is 0.526. The van der Waals surface area contributed by atoms with Crippen LogP contribution in [-0.2, 0) is 14.8 Å². The van der Waals surface area contributed by atoms with Crippen molar-refractivity contribution < 1.29 is 13.2 Å². The summed E-state index contributed by atoms with van der Waals surface area (Å²) in [6.07, 6.45) is 2.73. The van der Waals surface area contributed by atoms with Gasteiger partial charge in [-0.1, -0.05) is 6.92 Å². The minimum atomic E-state index is -3.18. The van der Waals surface area contributed by atoms with Gasteiger partial charge in [-0.25, -0.2) is 12.7 Å². The van der Waals surface area contributed by atoms with Gasteiger partial charge in [-0.2, -0.15) is 0 Å². The Balaban J connectivity index is 1.55. The standard InChI is InChI=1S/C16H31N3O3S/c1-14-12-19(23(20,21)13-15-4-3-11-22-15)6-5-16(14)18-9-7-17(2)8-10-18/h14-16H,3-13H2,1-2H3. The fraction of sp³-hybridized carbons (Fsp3) is 1.00. The van der Waals surface area contributed by atoms with E-state index < -0.39 is 10.0 Å². The van der Waals surface area contributed by atoms with Crippen molar-refractivity contribution in [3.8, 4) is 0 Å². The lowest BCUT2D eigenvalue weighted by atomic mass is 9.93. The van der Waals surface area contributed by atoms with E-state index in [2.05, 4.69) is 23.8 Å². The maximum absolute atomic E-state index is 12.6. The molecule has 134 valence electrons. The third-order valence-electron chi connectivity index (χ3n) is 5.64. The Kier molecular flexibility index (Phi) is 5.63. The predicted octanol–water partition coefficient (Wildman–Crippen LogP) is 0.453. The molecule has 3 saturated heterocycles. The molecule has 6 nitrogen and oxygen atoms in total. The Morgan fingerprint density at radius 2 is 1.83 bits per heavy atom. The average Bonchev–Trinajstić information content (AvgIpc) is 3.00. The predicted molar refractivity (Wildman–Crippen MR) is 91.0 cm³/mol. The zero-order valence-corrected chi connectivity index (χ0v) is 15.3. The molecule has 3 fully saturated rings. The fourth-order valence-electron chi connectivity index (χ4n) is 4.16. The number of sulfonamides is 1. The second-order valence-corrected chi connectivity index (χ2v) is 9.46. The monoisotopic (exact) mass is 345 g/mol. The van der Waals surface area contributed by atoms with Crippen molar-refractivity contribution in [2.45, 2.75) is 38.3 Å². The number of ether oxygens (including phenoxy) is 1. The van der Waals surface area contributed by atoms with Crippen LogP contribution in [0.2, 0.25) is 0 Å². The highest BCUT2D eigenvalue weighted by Crippen LogP contribution is 2.26. The van der Waals surface area contributed by atoms with Gasteiger partial charge in [0, 0.05) is 51.9 Å². The van der Waals surface area contributed by atoms with Crippen molar-refractivity contribution >= 4 is 10.0 Å². The number of nitrogens with zero attached hydrogens (tertiary/aromatic N) is 3. The molecule has 3 atom stereocenters. The molecular formula is C16H31N3O3S. The van der Waals surface area contributed by atoms with Crippen molar-refractivity contribution in [2.75, 3.05) is 58.7 Å². The van der Waals surface area contributed by atoms with E-state index in [-0.39, 0.29) is 11.9 Å². The molecule has 0 amide bonds. The third kappa shape index (κ3) is 4.25. The van der Waals surface area contributed by atoms with Gasteiger partial charge in [0.25, 0.3) is 0 Å². The summed E-state index contributed by atoms with van der Waals surface area (Å²) < 4.78 is 32.5. The molecule has 0 aromatic carbocycles. The van der Waals surface area contributed by atoms with E-state index >= 15 is 0 Å². The van der Waals surface area contributed by atoms with E-state index in [1.807, 2.05) is 0 Å². The van der Waals surface area contributed by atoms with Crippen LogP contribution in [0.4, 0.5) is 0 Å². The van der Waals surface area contributed by atoms with Gasteiger partial charge in [0.05, 0.1) is 11.9 Å². The highest BCUT2D eigenvalue weighted by Gasteiger charge is 2.37. The van der Waals surface area contributed by atoms with E-state index in [0.29, 0.717) is 31.7 Å². The molecule has 0 aromatic heterocycles. The molecule has 3 aliphatic heterocycles. The molecule has 0 spiro atoms. The SMILES string of the molecule is CC1CN(S(=O)(=O)CC2CCCO2)CCC1N1CCN(C)CC1. The van der Waals surface area contributed by atoms with Crippen molar-refractivity contribution in [1.29, 1.82) is 0 Å². The van der Waals surface area contributed by atoms with Crippen LogP contribution in [-0.4, -0.2) is 93.3 Å². The third-order valence-corrected chi connectivity index (χ3v) is 7.55. The minimum absolute atomic E-state index is 0.0920. The average molecular weight is 346 g/mol. The van der Waals surface area contributed by atoms with Crippen molar-refractivity contribution in [2.24, 2.45) is 5.92 Å². The van der Waals surface area contributed by atoms with Crippen LogP contribution < -0.4 is 0 Å². The van der Waals surface area contributed by atoms with Gasteiger partial charge in [-0.3, -0.25) is 4.90 Å². The summed E-state index contributed by atoms with van der Waals surface area (Å²) in [7, 11) is -1.01. The Hall–Kier alpha value is -0.210. The van der Waals surface area contributed by atoms with Gasteiger partial charge >= 0.3 is 0 Å². The topological polar surface area (TPSA) is 53.1 Å². The highest BCUT2D eigenvalue weighted by atomic mass is 32.2. The van der Waals surface area contributed by atoms with Crippen LogP contribution in [0, 0.1) is 5.92 Å². The zero-order valence-electron chi connectivity index (χ0n) is 14.5. The van der Waals surface area contributed by atoms with Gasteiger partial charge in [-0.05, 0) is 32.2 Å². The molecule has 0 aromatic rings. The normalized spacial score (nSPS) is 35.7. The number of piperidine rings is 1. The summed E-state index contributed by atoms with van der Waals surface area (Å²) in [5.41, 5.74) is 0. The maximum atomic E-state index is 12.6. The lowest BCUT2D eigenvalue weighted by molar-refractivity contribution is 0.0533. The van der Waals surface area contributed by atoms with Gasteiger partial charge in [0.1, 0.15) is 0 Å². The zero-order chi connectivity index (χ0) is 16.4. The second-order valence-electron chi connectivity index (χ2n) is 7.44. The summed E-state index contributed by atoms with van der Waals surface area (Å²) in [6.45, 7) is 8.68. The molecule has 7 heteroatoms. The number of hydrogen-bond donors (Lipinski definition) is 0. The quantitative estimate of drug-likeness (QED) is 0.741. The molecule has 0 radical (unpaired) electrons. The van der Waals surface area contributed by atoms with Crippen LogP contribution in [0.3, 0.4) is 0 Å². The molecule has 3 aliphatic rings. The number of piperazine rings is 1. The first-order valence-electron chi connectivity index (χ1n) is 8.98. The Bertz CT molecular complexity index is 485. The number of rotatable bonds is 4. The van der Waals surface area contributed by atoms with Crippen molar-refractivity contribution in [3.63, 3.8) is 0 Å². The fourth-order valence-corrected chi connectivity index (χ4v) is 5.95. The summed E-state index contributed by atoms with van der Waals surface area (Å²) in [4.78, 5) is 4.93. The molecule has 0 N–H and O–H groups in total. The van der Waals surface area contributed by atoms with Gasteiger partial charge in [0.15, 0.2) is 0 Å². The first-order chi connectivity index (χ1) is 11.0. The summed E-state index contributed by atoms with van der Waals surface area (Å²) >= 11 is 0. The number of hydrogen-bond acceptors (Lipinski definition) is 5. The molecule has 0 saturated carbocycles. The Morgan fingerprint density at radius 3 is 2.43 bits per heavy atom. The minimum Gasteiger partial charge on any atom is -0.377 e. The lowest BCUT2D eigenvalue weighted by Crippen LogP contribution is -2.56. The Labute approximate surface area is 140 Å². The maximum Gasteiger partial charge on any atom is 0.216 e. The molecule has 3 unspecified atom stereocenters. The Morgan fingerprint density at radius 1 is 1.09 bits per heavy atom. The van der Waals surface area contributed by atoms with E-state index in [1.165, 1.54) is 0 Å². The molecule has 0 bridgehead atoms. The van der Waals surface area contributed by atoms with Crippen LogP contribution in [0.25, 0.3) is 0 Å². The molecule has 23 heavy (non-hydrogen) atoms. The number of likely N-dealkylation sites (N-methyl/N-ethyl adjacent to an activating group) is 1. The first-order valence-corrected chi connectivity index (χ1v) is 10.6. The first kappa shape index (κ1) is 17.6. The van der Waals surface area contributed by atoms with Crippen LogP contribution in [0.1, 0.15) is 26.2 Å². The van der Waals surface area contributed by atoms with Crippen molar-refractivity contribution in [3.05, 3.63) is 0 Å². The van der Waals surface area contributed by atoms with Gasteiger partial charge < -0.3 is 9.64 Å². The van der Waals surface area contributed by atoms with Crippen LogP contribution >= 0.6 is 0 Å². The molecule has 3 rings (SSSR count). The van der Waals surface area contributed by atoms with Gasteiger partial charge in [0.2, 0.25) is 10.0 Å². The lowest BCUT2D eigenvalue weighted by Gasteiger charge is -2.45. The van der Waals surface area contributed by atoms with E-state index in [9.17, 15) is 8.42 Å². The smallest absolute Gasteiger partial charge is 0.216 e. The van der Waals surface area contributed by atoms with Crippen LogP contribution in [0.5, 0.6) is 0 Å². The second kappa shape index (κ2) is 7.35. The van der Waals surface area contributed by atoms with E-state index in [1.54, 1.807) is 4.31 Å². The largest absolute Gasteiger partial charge is 0.377 e. The summed E-state index contributed by atoms with van der Waals surface area (Å²) in [5, 5.41) is 0.